The molecule has 0 bridgehead atoms. The van der Waals surface area contributed by atoms with Crippen molar-refractivity contribution in [2.75, 3.05) is 5.32 Å². The topological polar surface area (TPSA) is 24.9 Å². The summed E-state index contributed by atoms with van der Waals surface area (Å²) in [7, 11) is 0. The zero-order valence-electron chi connectivity index (χ0n) is 8.20. The minimum atomic E-state index is 0.872. The molecule has 14 heavy (non-hydrogen) atoms. The molecule has 1 N–H and O–H groups in total. The third kappa shape index (κ3) is 2.33. The number of hydrogen-bond donors (Lipinski definition) is 1. The van der Waals surface area contributed by atoms with Crippen molar-refractivity contribution in [1.82, 2.24) is 4.98 Å². The summed E-state index contributed by atoms with van der Waals surface area (Å²) in [5.74, 6) is 0. The Morgan fingerprint density at radius 2 is 2.14 bits per heavy atom. The van der Waals surface area contributed by atoms with E-state index in [0.717, 1.165) is 17.4 Å². The van der Waals surface area contributed by atoms with Crippen molar-refractivity contribution < 1.29 is 0 Å². The van der Waals surface area contributed by atoms with Gasteiger partial charge in [0, 0.05) is 16.8 Å². The van der Waals surface area contributed by atoms with Crippen LogP contribution in [0.1, 0.15) is 16.1 Å². The second-order valence-corrected chi connectivity index (χ2v) is 5.19. The number of anilines is 1. The molecular formula is C10H12N2S2. The van der Waals surface area contributed by atoms with Gasteiger partial charge in [0.1, 0.15) is 0 Å². The van der Waals surface area contributed by atoms with E-state index in [1.807, 2.05) is 6.92 Å². The Bertz CT molecular complexity index is 377. The number of aryl methyl sites for hydroxylation is 2. The van der Waals surface area contributed by atoms with Crippen LogP contribution in [0.25, 0.3) is 0 Å². The number of rotatable bonds is 3. The molecule has 0 saturated heterocycles. The highest BCUT2D eigenvalue weighted by molar-refractivity contribution is 7.13. The third-order valence-electron chi connectivity index (χ3n) is 1.85. The van der Waals surface area contributed by atoms with E-state index in [0.29, 0.717) is 0 Å². The number of thiophene rings is 1. The van der Waals surface area contributed by atoms with Crippen LogP contribution in [-0.2, 0) is 6.54 Å². The van der Waals surface area contributed by atoms with Gasteiger partial charge >= 0.3 is 0 Å². The molecule has 0 aromatic carbocycles. The standard InChI is InChI=1S/C10H12N2S2/c1-7-5-14-10(12-7)11-4-9-3-8(2)13-6-9/h3,5-6H,4H2,1-2H3,(H,11,12). The summed E-state index contributed by atoms with van der Waals surface area (Å²) < 4.78 is 0. The SMILES string of the molecule is Cc1csc(NCc2csc(C)c2)n1. The predicted molar refractivity (Wildman–Crippen MR) is 63.2 cm³/mol. The summed E-state index contributed by atoms with van der Waals surface area (Å²) in [5.41, 5.74) is 2.42. The molecule has 0 unspecified atom stereocenters. The zero-order chi connectivity index (χ0) is 9.97. The molecule has 0 saturated carbocycles. The maximum absolute atomic E-state index is 4.34. The number of thiazole rings is 1. The first kappa shape index (κ1) is 9.68. The van der Waals surface area contributed by atoms with E-state index in [-0.39, 0.29) is 0 Å². The molecule has 74 valence electrons. The molecule has 0 aliphatic heterocycles. The smallest absolute Gasteiger partial charge is 0.183 e. The Morgan fingerprint density at radius 1 is 1.29 bits per heavy atom. The monoisotopic (exact) mass is 224 g/mol. The maximum atomic E-state index is 4.34. The molecule has 2 rings (SSSR count). The van der Waals surface area contributed by atoms with Gasteiger partial charge in [0.05, 0.1) is 5.69 Å². The molecular weight excluding hydrogens is 212 g/mol. The van der Waals surface area contributed by atoms with Crippen molar-refractivity contribution in [3.8, 4) is 0 Å². The van der Waals surface area contributed by atoms with Gasteiger partial charge in [-0.1, -0.05) is 0 Å². The van der Waals surface area contributed by atoms with Gasteiger partial charge in [-0.2, -0.15) is 0 Å². The van der Waals surface area contributed by atoms with Crippen LogP contribution >= 0.6 is 22.7 Å². The van der Waals surface area contributed by atoms with Gasteiger partial charge in [-0.25, -0.2) is 4.98 Å². The van der Waals surface area contributed by atoms with Crippen LogP contribution < -0.4 is 5.32 Å². The molecule has 0 fully saturated rings. The van der Waals surface area contributed by atoms with Gasteiger partial charge in [0.25, 0.3) is 0 Å². The lowest BCUT2D eigenvalue weighted by atomic mass is 10.3. The van der Waals surface area contributed by atoms with Gasteiger partial charge in [-0.3, -0.25) is 0 Å². The number of nitrogens with one attached hydrogen (secondary N) is 1. The van der Waals surface area contributed by atoms with Crippen LogP contribution in [-0.4, -0.2) is 4.98 Å². The minimum absolute atomic E-state index is 0.872. The lowest BCUT2D eigenvalue weighted by molar-refractivity contribution is 1.13. The van der Waals surface area contributed by atoms with Crippen molar-refractivity contribution in [2.24, 2.45) is 0 Å². The van der Waals surface area contributed by atoms with Gasteiger partial charge in [0.15, 0.2) is 5.13 Å². The Kier molecular flexibility index (Phi) is 2.84. The zero-order valence-corrected chi connectivity index (χ0v) is 9.84. The highest BCUT2D eigenvalue weighted by atomic mass is 32.1. The fourth-order valence-corrected chi connectivity index (χ4v) is 2.60. The van der Waals surface area contributed by atoms with E-state index in [2.05, 4.69) is 34.1 Å². The molecule has 2 aromatic heterocycles. The van der Waals surface area contributed by atoms with Crippen LogP contribution in [0.4, 0.5) is 5.13 Å². The number of aromatic nitrogens is 1. The van der Waals surface area contributed by atoms with Crippen molar-refractivity contribution in [1.29, 1.82) is 0 Å². The average Bonchev–Trinajstić information content (AvgIpc) is 2.72. The Morgan fingerprint density at radius 3 is 2.71 bits per heavy atom. The third-order valence-corrected chi connectivity index (χ3v) is 3.68. The van der Waals surface area contributed by atoms with E-state index >= 15 is 0 Å². The fourth-order valence-electron chi connectivity index (χ4n) is 1.20. The van der Waals surface area contributed by atoms with E-state index < -0.39 is 0 Å². The molecule has 0 spiro atoms. The first-order valence-electron chi connectivity index (χ1n) is 4.44. The van der Waals surface area contributed by atoms with E-state index in [1.165, 1.54) is 10.4 Å². The van der Waals surface area contributed by atoms with E-state index in [1.54, 1.807) is 22.7 Å². The molecule has 2 nitrogen and oxygen atoms in total. The van der Waals surface area contributed by atoms with Crippen LogP contribution in [0.2, 0.25) is 0 Å². The van der Waals surface area contributed by atoms with E-state index in [4.69, 9.17) is 0 Å². The van der Waals surface area contributed by atoms with Crippen molar-refractivity contribution in [3.63, 3.8) is 0 Å². The van der Waals surface area contributed by atoms with Crippen molar-refractivity contribution in [2.45, 2.75) is 20.4 Å². The summed E-state index contributed by atoms with van der Waals surface area (Å²) in [6, 6.07) is 2.21. The first-order valence-corrected chi connectivity index (χ1v) is 6.20. The van der Waals surface area contributed by atoms with Crippen LogP contribution in [0.15, 0.2) is 16.8 Å². The van der Waals surface area contributed by atoms with Gasteiger partial charge < -0.3 is 5.32 Å². The second kappa shape index (κ2) is 4.11. The molecule has 4 heteroatoms. The number of hydrogen-bond acceptors (Lipinski definition) is 4. The van der Waals surface area contributed by atoms with Gasteiger partial charge in [0.2, 0.25) is 0 Å². The Labute approximate surface area is 91.6 Å². The summed E-state index contributed by atoms with van der Waals surface area (Å²) >= 11 is 3.44. The normalized spacial score (nSPS) is 10.4. The second-order valence-electron chi connectivity index (χ2n) is 3.21. The van der Waals surface area contributed by atoms with E-state index in [9.17, 15) is 0 Å². The molecule has 0 aliphatic rings. The largest absolute Gasteiger partial charge is 0.357 e. The Balaban J connectivity index is 1.94. The predicted octanol–water partition coefficient (Wildman–Crippen LogP) is 3.43. The highest BCUT2D eigenvalue weighted by Gasteiger charge is 1.99. The minimum Gasteiger partial charge on any atom is -0.357 e. The molecule has 2 heterocycles. The lowest BCUT2D eigenvalue weighted by Gasteiger charge is -1.98. The summed E-state index contributed by atoms with van der Waals surface area (Å²) in [6.45, 7) is 5.01. The highest BCUT2D eigenvalue weighted by Crippen LogP contribution is 2.17. The van der Waals surface area contributed by atoms with Crippen LogP contribution in [0, 0.1) is 13.8 Å². The summed E-state index contributed by atoms with van der Waals surface area (Å²) in [5, 5.41) is 8.56. The first-order chi connectivity index (χ1) is 6.74. The van der Waals surface area contributed by atoms with Crippen molar-refractivity contribution >= 4 is 27.8 Å². The summed E-state index contributed by atoms with van der Waals surface area (Å²) in [6.07, 6.45) is 0. The molecule has 0 aliphatic carbocycles. The van der Waals surface area contributed by atoms with Gasteiger partial charge in [-0.05, 0) is 30.9 Å². The Hall–Kier alpha value is -0.870. The molecule has 0 amide bonds. The lowest BCUT2D eigenvalue weighted by Crippen LogP contribution is -1.97. The molecule has 2 aromatic rings. The molecule has 0 radical (unpaired) electrons. The quantitative estimate of drug-likeness (QED) is 0.864. The fraction of sp³-hybridized carbons (Fsp3) is 0.300. The maximum Gasteiger partial charge on any atom is 0.183 e. The summed E-state index contributed by atoms with van der Waals surface area (Å²) in [4.78, 5) is 5.70. The van der Waals surface area contributed by atoms with Gasteiger partial charge in [-0.15, -0.1) is 22.7 Å². The number of nitrogens with zero attached hydrogens (tertiary/aromatic N) is 1. The van der Waals surface area contributed by atoms with Crippen LogP contribution in [0.3, 0.4) is 0 Å². The molecule has 0 atom stereocenters. The van der Waals surface area contributed by atoms with Crippen LogP contribution in [0.5, 0.6) is 0 Å². The average molecular weight is 224 g/mol. The van der Waals surface area contributed by atoms with Crippen molar-refractivity contribution in [3.05, 3.63) is 33.0 Å².